The van der Waals surface area contributed by atoms with E-state index >= 15 is 0 Å². The third-order valence-corrected chi connectivity index (χ3v) is 3.97. The molecule has 0 aromatic carbocycles. The number of carbonyl (C=O) groups is 1. The first-order valence-electron chi connectivity index (χ1n) is 4.91. The topological polar surface area (TPSA) is 97.7 Å². The van der Waals surface area contributed by atoms with E-state index in [1.807, 2.05) is 18.2 Å². The van der Waals surface area contributed by atoms with E-state index in [-0.39, 0.29) is 5.92 Å². The first-order valence-corrected chi connectivity index (χ1v) is 4.91. The highest BCUT2D eigenvalue weighted by Crippen LogP contribution is 2.67. The number of hydrogen-bond donors (Lipinski definition) is 0. The summed E-state index contributed by atoms with van der Waals surface area (Å²) in [5, 5.41) is 27.7. The molecule has 5 heteroatoms. The monoisotopic (exact) mass is 215 g/mol. The van der Waals surface area contributed by atoms with Gasteiger partial charge in [0.05, 0.1) is 18.2 Å². The number of nitrogens with zero attached hydrogens (tertiary/aromatic N) is 3. The Morgan fingerprint density at radius 3 is 2.19 bits per heavy atom. The summed E-state index contributed by atoms with van der Waals surface area (Å²) in [4.78, 5) is 11.8. The molecular weight excluding hydrogens is 206 g/mol. The van der Waals surface area contributed by atoms with Gasteiger partial charge in [-0.3, -0.25) is 4.79 Å². The van der Waals surface area contributed by atoms with Crippen LogP contribution in [0.5, 0.6) is 0 Å². The van der Waals surface area contributed by atoms with E-state index in [9.17, 15) is 20.6 Å². The van der Waals surface area contributed by atoms with Crippen molar-refractivity contribution in [2.45, 2.75) is 25.9 Å². The minimum Gasteiger partial charge on any atom is -0.455 e. The van der Waals surface area contributed by atoms with Crippen LogP contribution in [-0.4, -0.2) is 11.6 Å². The lowest BCUT2D eigenvalue weighted by Crippen LogP contribution is -2.43. The number of carbonyl (C=O) groups excluding carboxylic acids is 1. The van der Waals surface area contributed by atoms with Crippen molar-refractivity contribution in [3.8, 4) is 18.2 Å². The molecule has 2 aliphatic rings. The van der Waals surface area contributed by atoms with Crippen molar-refractivity contribution in [1.29, 1.82) is 15.8 Å². The molecule has 0 amide bonds. The molecule has 0 aromatic rings. The lowest BCUT2D eigenvalue weighted by atomic mass is 9.63. The number of hydrogen-bond acceptors (Lipinski definition) is 5. The Kier molecular flexibility index (Phi) is 1.66. The Balaban J connectivity index is 2.83. The van der Waals surface area contributed by atoms with Crippen molar-refractivity contribution in [2.24, 2.45) is 16.7 Å². The van der Waals surface area contributed by atoms with Gasteiger partial charge in [0.25, 0.3) is 0 Å². The van der Waals surface area contributed by atoms with Crippen LogP contribution in [0.4, 0.5) is 0 Å². The molecule has 1 heterocycles. The van der Waals surface area contributed by atoms with Crippen molar-refractivity contribution in [3.63, 3.8) is 0 Å². The Labute approximate surface area is 92.8 Å². The summed E-state index contributed by atoms with van der Waals surface area (Å²) in [6, 6.07) is 5.57. The average Bonchev–Trinajstić information content (AvgIpc) is 2.53. The van der Waals surface area contributed by atoms with E-state index in [0.29, 0.717) is 6.42 Å². The highest BCUT2D eigenvalue weighted by atomic mass is 16.6. The molecule has 1 saturated carbocycles. The normalized spacial score (nSPS) is 42.9. The SMILES string of the molecule is CC1CC2(C)OC(=O)C1(C#N)C2(C#N)C#N. The first kappa shape index (κ1) is 10.5. The zero-order chi connectivity index (χ0) is 12.2. The smallest absolute Gasteiger partial charge is 0.330 e. The first-order chi connectivity index (χ1) is 7.44. The van der Waals surface area contributed by atoms with Gasteiger partial charge in [0.1, 0.15) is 5.60 Å². The maximum absolute atomic E-state index is 11.8. The molecule has 80 valence electrons. The molecule has 5 nitrogen and oxygen atoms in total. The largest absolute Gasteiger partial charge is 0.455 e. The van der Waals surface area contributed by atoms with Crippen molar-refractivity contribution in [3.05, 3.63) is 0 Å². The van der Waals surface area contributed by atoms with Crippen LogP contribution >= 0.6 is 0 Å². The van der Waals surface area contributed by atoms with Gasteiger partial charge in [-0.15, -0.1) is 0 Å². The average molecular weight is 215 g/mol. The summed E-state index contributed by atoms with van der Waals surface area (Å²) in [5.74, 6) is -1.08. The van der Waals surface area contributed by atoms with Crippen molar-refractivity contribution in [2.75, 3.05) is 0 Å². The van der Waals surface area contributed by atoms with Gasteiger partial charge in [-0.05, 0) is 19.3 Å². The third-order valence-electron chi connectivity index (χ3n) is 3.97. The minimum atomic E-state index is -1.69. The highest BCUT2D eigenvalue weighted by molar-refractivity contribution is 5.88. The van der Waals surface area contributed by atoms with E-state index < -0.39 is 22.4 Å². The summed E-state index contributed by atoms with van der Waals surface area (Å²) in [6.07, 6.45) is 0.368. The molecule has 1 aliphatic carbocycles. The molecular formula is C11H9N3O2. The summed E-state index contributed by atoms with van der Waals surface area (Å²) in [7, 11) is 0. The molecule has 2 bridgehead atoms. The number of ether oxygens (including phenoxy) is 1. The summed E-state index contributed by atoms with van der Waals surface area (Å²) in [5.41, 5.74) is -4.49. The Morgan fingerprint density at radius 1 is 1.31 bits per heavy atom. The second kappa shape index (κ2) is 2.54. The van der Waals surface area contributed by atoms with Crippen LogP contribution in [-0.2, 0) is 9.53 Å². The van der Waals surface area contributed by atoms with E-state index in [0.717, 1.165) is 0 Å². The van der Waals surface area contributed by atoms with Crippen LogP contribution in [0.2, 0.25) is 0 Å². The summed E-state index contributed by atoms with van der Waals surface area (Å²) in [6.45, 7) is 3.26. The molecule has 1 aliphatic heterocycles. The summed E-state index contributed by atoms with van der Waals surface area (Å²) >= 11 is 0. The van der Waals surface area contributed by atoms with Crippen LogP contribution in [0.25, 0.3) is 0 Å². The second-order valence-corrected chi connectivity index (χ2v) is 4.62. The van der Waals surface area contributed by atoms with Crippen LogP contribution in [0.15, 0.2) is 0 Å². The highest BCUT2D eigenvalue weighted by Gasteiger charge is 2.82. The van der Waals surface area contributed by atoms with Crippen LogP contribution in [0.1, 0.15) is 20.3 Å². The molecule has 2 fully saturated rings. The predicted molar refractivity (Wildman–Crippen MR) is 50.0 cm³/mol. The van der Waals surface area contributed by atoms with Gasteiger partial charge >= 0.3 is 5.97 Å². The fraction of sp³-hybridized carbons (Fsp3) is 0.636. The third kappa shape index (κ3) is 0.649. The summed E-state index contributed by atoms with van der Waals surface area (Å²) < 4.78 is 5.10. The fourth-order valence-corrected chi connectivity index (χ4v) is 3.11. The van der Waals surface area contributed by atoms with Gasteiger partial charge in [-0.2, -0.15) is 15.8 Å². The predicted octanol–water partition coefficient (Wildman–Crippen LogP) is 0.885. The number of rotatable bonds is 0. The zero-order valence-electron chi connectivity index (χ0n) is 8.94. The molecule has 3 atom stereocenters. The standard InChI is InChI=1S/C11H9N3O2/c1-7-3-9(2)10(4-12,5-13)11(7,6-14)8(15)16-9/h7H,3H2,1-2H3. The van der Waals surface area contributed by atoms with Crippen LogP contribution in [0.3, 0.4) is 0 Å². The van der Waals surface area contributed by atoms with Crippen molar-refractivity contribution < 1.29 is 9.53 Å². The fourth-order valence-electron chi connectivity index (χ4n) is 3.11. The number of esters is 1. The second-order valence-electron chi connectivity index (χ2n) is 4.62. The molecule has 0 aromatic heterocycles. The van der Waals surface area contributed by atoms with Crippen molar-refractivity contribution in [1.82, 2.24) is 0 Å². The maximum Gasteiger partial charge on any atom is 0.330 e. The van der Waals surface area contributed by atoms with Gasteiger partial charge in [-0.1, -0.05) is 6.92 Å². The maximum atomic E-state index is 11.8. The number of fused-ring (bicyclic) bond motifs is 2. The van der Waals surface area contributed by atoms with Gasteiger partial charge in [0.2, 0.25) is 5.41 Å². The van der Waals surface area contributed by atoms with Gasteiger partial charge in [-0.25, -0.2) is 0 Å². The van der Waals surface area contributed by atoms with E-state index in [2.05, 4.69) is 0 Å². The molecule has 2 rings (SSSR count). The Morgan fingerprint density at radius 2 is 1.88 bits per heavy atom. The molecule has 0 N–H and O–H groups in total. The van der Waals surface area contributed by atoms with E-state index in [4.69, 9.17) is 4.74 Å². The minimum absolute atomic E-state index is 0.344. The van der Waals surface area contributed by atoms with E-state index in [1.54, 1.807) is 13.8 Å². The molecule has 3 unspecified atom stereocenters. The molecule has 0 radical (unpaired) electrons. The lowest BCUT2D eigenvalue weighted by Gasteiger charge is -2.26. The molecule has 0 spiro atoms. The van der Waals surface area contributed by atoms with Crippen LogP contribution in [0, 0.1) is 50.7 Å². The molecule has 16 heavy (non-hydrogen) atoms. The molecule has 1 saturated heterocycles. The van der Waals surface area contributed by atoms with Gasteiger partial charge < -0.3 is 4.74 Å². The van der Waals surface area contributed by atoms with Gasteiger partial charge in [0.15, 0.2) is 5.41 Å². The Hall–Kier alpha value is -2.06. The Bertz CT molecular complexity index is 493. The lowest BCUT2D eigenvalue weighted by molar-refractivity contribution is -0.160. The quantitative estimate of drug-likeness (QED) is 0.559. The van der Waals surface area contributed by atoms with E-state index in [1.165, 1.54) is 0 Å². The van der Waals surface area contributed by atoms with Crippen LogP contribution < -0.4 is 0 Å². The number of nitriles is 3. The zero-order valence-corrected chi connectivity index (χ0v) is 8.94. The van der Waals surface area contributed by atoms with Gasteiger partial charge in [0, 0.05) is 0 Å². The van der Waals surface area contributed by atoms with Crippen molar-refractivity contribution >= 4 is 5.97 Å².